The number of hydrogen-bond donors (Lipinski definition) is 1. The maximum absolute atomic E-state index is 15.6. The Morgan fingerprint density at radius 1 is 1.12 bits per heavy atom. The molecule has 2 aromatic carbocycles. The van der Waals surface area contributed by atoms with E-state index in [9.17, 15) is 17.6 Å². The Balaban J connectivity index is 1.78. The highest BCUT2D eigenvalue weighted by molar-refractivity contribution is 7.89. The first kappa shape index (κ1) is 22.5. The molecule has 4 rings (SSSR count). The van der Waals surface area contributed by atoms with Crippen LogP contribution in [0.25, 0.3) is 11.1 Å². The number of nitrogens with zero attached hydrogens (tertiary/aromatic N) is 2. The molecule has 2 atom stereocenters. The van der Waals surface area contributed by atoms with Crippen LogP contribution in [-0.2, 0) is 16.4 Å². The second kappa shape index (κ2) is 9.03. The Morgan fingerprint density at radius 3 is 2.66 bits per heavy atom. The maximum atomic E-state index is 15.6. The van der Waals surface area contributed by atoms with Gasteiger partial charge in [0.15, 0.2) is 0 Å². The number of benzene rings is 2. The Morgan fingerprint density at radius 2 is 1.88 bits per heavy atom. The van der Waals surface area contributed by atoms with Crippen molar-refractivity contribution in [3.8, 4) is 16.9 Å². The molecule has 2 aromatic rings. The van der Waals surface area contributed by atoms with Crippen LogP contribution in [0, 0.1) is 5.82 Å². The molecule has 2 aliphatic rings. The molecule has 0 saturated carbocycles. The molecule has 2 bridgehead atoms. The molecular formula is C22H25F2N3O4S. The number of hydrogen-bond acceptors (Lipinski definition) is 4. The summed E-state index contributed by atoms with van der Waals surface area (Å²) in [6.45, 7) is 0.768. The van der Waals surface area contributed by atoms with Gasteiger partial charge >= 0.3 is 6.03 Å². The van der Waals surface area contributed by atoms with E-state index in [0.717, 1.165) is 0 Å². The predicted octanol–water partition coefficient (Wildman–Crippen LogP) is 2.77. The van der Waals surface area contributed by atoms with Crippen molar-refractivity contribution in [1.82, 2.24) is 14.5 Å². The number of ether oxygens (including phenoxy) is 1. The number of carbonyl (C=O) groups excluding carboxylic acids is 1. The van der Waals surface area contributed by atoms with Gasteiger partial charge in [0.1, 0.15) is 18.2 Å². The molecule has 2 unspecified atom stereocenters. The van der Waals surface area contributed by atoms with Crippen LogP contribution in [0.1, 0.15) is 12.0 Å². The molecular weight excluding hydrogens is 440 g/mol. The highest BCUT2D eigenvalue weighted by Crippen LogP contribution is 2.34. The Bertz CT molecular complexity index is 1110. The van der Waals surface area contributed by atoms with E-state index in [2.05, 4.69) is 4.72 Å². The van der Waals surface area contributed by atoms with Gasteiger partial charge in [0, 0.05) is 30.8 Å². The average Bonchev–Trinajstić information content (AvgIpc) is 3.16. The van der Waals surface area contributed by atoms with Gasteiger partial charge in [0.25, 0.3) is 0 Å². The van der Waals surface area contributed by atoms with Crippen LogP contribution in [0.15, 0.2) is 42.5 Å². The standard InChI is InChI=1S/C22H25F2N3O4S/c1-26-11-12-31-20-8-3-2-6-16(20)17-7-4-5-15(21(17)24)13-19-18(25-32(29,30)14-23)9-10-27(19)22(26)28/h2-8,18-19,25H,9-14H2,1H3. The number of alkyl halides is 1. The molecule has 1 N–H and O–H groups in total. The number of para-hydroxylation sites is 1. The van der Waals surface area contributed by atoms with E-state index in [0.29, 0.717) is 28.9 Å². The van der Waals surface area contributed by atoms with Crippen LogP contribution in [0.5, 0.6) is 5.75 Å². The van der Waals surface area contributed by atoms with E-state index in [-0.39, 0.29) is 32.1 Å². The number of amides is 2. The zero-order valence-corrected chi connectivity index (χ0v) is 18.4. The molecule has 2 heterocycles. The number of urea groups is 1. The highest BCUT2D eigenvalue weighted by atomic mass is 32.2. The zero-order chi connectivity index (χ0) is 22.9. The van der Waals surface area contributed by atoms with E-state index >= 15 is 4.39 Å². The van der Waals surface area contributed by atoms with Crippen LogP contribution >= 0.6 is 0 Å². The summed E-state index contributed by atoms with van der Waals surface area (Å²) in [5.74, 6) is 0.0558. The van der Waals surface area contributed by atoms with Crippen molar-refractivity contribution >= 4 is 16.1 Å². The molecule has 0 aromatic heterocycles. The summed E-state index contributed by atoms with van der Waals surface area (Å²) in [6.07, 6.45) is 0.395. The van der Waals surface area contributed by atoms with E-state index in [1.807, 2.05) is 0 Å². The molecule has 0 aliphatic carbocycles. The zero-order valence-electron chi connectivity index (χ0n) is 17.6. The van der Waals surface area contributed by atoms with Crippen molar-refractivity contribution in [2.24, 2.45) is 0 Å². The molecule has 1 saturated heterocycles. The van der Waals surface area contributed by atoms with Gasteiger partial charge in [-0.1, -0.05) is 36.4 Å². The molecule has 10 heteroatoms. The predicted molar refractivity (Wildman–Crippen MR) is 116 cm³/mol. The van der Waals surface area contributed by atoms with Crippen molar-refractivity contribution in [3.63, 3.8) is 0 Å². The van der Waals surface area contributed by atoms with Crippen LogP contribution in [0.2, 0.25) is 0 Å². The molecule has 2 aliphatic heterocycles. The molecule has 1 fully saturated rings. The number of carbonyl (C=O) groups is 1. The fourth-order valence-electron chi connectivity index (χ4n) is 4.34. The summed E-state index contributed by atoms with van der Waals surface area (Å²) in [5, 5.41) is 0. The second-order valence-electron chi connectivity index (χ2n) is 8.03. The average molecular weight is 466 g/mol. The van der Waals surface area contributed by atoms with E-state index in [1.165, 1.54) is 9.80 Å². The van der Waals surface area contributed by atoms with Crippen molar-refractivity contribution in [1.29, 1.82) is 0 Å². The number of nitrogens with one attached hydrogen (secondary N) is 1. The van der Waals surface area contributed by atoms with Gasteiger partial charge in [-0.15, -0.1) is 0 Å². The number of sulfonamides is 1. The number of fused-ring (bicyclic) bond motifs is 5. The van der Waals surface area contributed by atoms with Gasteiger partial charge < -0.3 is 14.5 Å². The first-order valence-electron chi connectivity index (χ1n) is 10.4. The third-order valence-corrected chi connectivity index (χ3v) is 6.91. The first-order chi connectivity index (χ1) is 15.3. The quantitative estimate of drug-likeness (QED) is 0.756. The lowest BCUT2D eigenvalue weighted by atomic mass is 9.95. The lowest BCUT2D eigenvalue weighted by molar-refractivity contribution is 0.147. The number of likely N-dealkylation sites (N-methyl/N-ethyl adjacent to an activating group) is 1. The van der Waals surface area contributed by atoms with Crippen molar-refractivity contribution in [2.75, 3.05) is 32.8 Å². The minimum Gasteiger partial charge on any atom is -0.491 e. The smallest absolute Gasteiger partial charge is 0.320 e. The van der Waals surface area contributed by atoms with Crippen molar-refractivity contribution in [2.45, 2.75) is 24.9 Å². The summed E-state index contributed by atoms with van der Waals surface area (Å²) < 4.78 is 60.6. The Labute approximate surface area is 186 Å². The van der Waals surface area contributed by atoms with Crippen LogP contribution in [0.3, 0.4) is 0 Å². The lowest BCUT2D eigenvalue weighted by Gasteiger charge is -2.32. The van der Waals surface area contributed by atoms with Crippen LogP contribution < -0.4 is 9.46 Å². The van der Waals surface area contributed by atoms with Crippen LogP contribution in [0.4, 0.5) is 13.6 Å². The van der Waals surface area contributed by atoms with Gasteiger partial charge in [-0.3, -0.25) is 0 Å². The number of halogens is 2. The van der Waals surface area contributed by atoms with Gasteiger partial charge in [0.05, 0.1) is 12.6 Å². The third kappa shape index (κ3) is 4.42. The highest BCUT2D eigenvalue weighted by Gasteiger charge is 2.40. The van der Waals surface area contributed by atoms with Gasteiger partial charge in [-0.25, -0.2) is 26.7 Å². The SMILES string of the molecule is CN1CCOc2ccccc2-c2cccc(c2F)CC2C(NS(=O)(=O)CF)CCN2C1=O. The largest absolute Gasteiger partial charge is 0.491 e. The fraction of sp³-hybridized carbons (Fsp3) is 0.409. The van der Waals surface area contributed by atoms with E-state index in [1.54, 1.807) is 49.5 Å². The fourth-order valence-corrected chi connectivity index (χ4v) is 5.14. The third-order valence-electron chi connectivity index (χ3n) is 5.96. The Hall–Kier alpha value is -2.72. The first-order valence-corrected chi connectivity index (χ1v) is 12.0. The normalized spacial score (nSPS) is 21.7. The van der Waals surface area contributed by atoms with E-state index < -0.39 is 33.9 Å². The maximum Gasteiger partial charge on any atom is 0.320 e. The van der Waals surface area contributed by atoms with Crippen molar-refractivity contribution in [3.05, 3.63) is 53.8 Å². The van der Waals surface area contributed by atoms with Crippen LogP contribution in [-0.4, -0.2) is 69.1 Å². The Kier molecular flexibility index (Phi) is 6.34. The molecule has 7 nitrogen and oxygen atoms in total. The minimum absolute atomic E-state index is 0.0851. The van der Waals surface area contributed by atoms with E-state index in [4.69, 9.17) is 4.74 Å². The lowest BCUT2D eigenvalue weighted by Crippen LogP contribution is -2.51. The molecule has 172 valence electrons. The summed E-state index contributed by atoms with van der Waals surface area (Å²) in [6, 6.07) is 8.87. The molecule has 0 radical (unpaired) electrons. The van der Waals surface area contributed by atoms with Crippen molar-refractivity contribution < 1.29 is 26.7 Å². The van der Waals surface area contributed by atoms with Gasteiger partial charge in [0.2, 0.25) is 16.0 Å². The molecule has 2 amide bonds. The summed E-state index contributed by atoms with van der Waals surface area (Å²) in [5.41, 5.74) is 1.30. The summed E-state index contributed by atoms with van der Waals surface area (Å²) >= 11 is 0. The summed E-state index contributed by atoms with van der Waals surface area (Å²) in [7, 11) is -2.51. The molecule has 0 spiro atoms. The van der Waals surface area contributed by atoms with Gasteiger partial charge in [-0.05, 0) is 24.5 Å². The molecule has 32 heavy (non-hydrogen) atoms. The topological polar surface area (TPSA) is 79.0 Å². The minimum atomic E-state index is -4.14. The summed E-state index contributed by atoms with van der Waals surface area (Å²) in [4.78, 5) is 16.1. The van der Waals surface area contributed by atoms with Gasteiger partial charge in [-0.2, -0.15) is 0 Å². The second-order valence-corrected chi connectivity index (χ2v) is 9.71. The monoisotopic (exact) mass is 465 g/mol. The number of rotatable bonds is 3.